The van der Waals surface area contributed by atoms with Crippen molar-refractivity contribution in [2.75, 3.05) is 44.2 Å². The third kappa shape index (κ3) is 5.15. The minimum atomic E-state index is 0.0713. The average Bonchev–Trinajstić information content (AvgIpc) is 3.47. The lowest BCUT2D eigenvalue weighted by atomic mass is 9.62. The first-order chi connectivity index (χ1) is 19.1. The monoisotopic (exact) mass is 545 g/mol. The summed E-state index contributed by atoms with van der Waals surface area (Å²) in [5.41, 5.74) is 5.79. The Balaban J connectivity index is 1.38. The Kier molecular flexibility index (Phi) is 7.79. The Bertz CT molecular complexity index is 1300. The molecule has 2 fully saturated rings. The lowest BCUT2D eigenvalue weighted by Gasteiger charge is -2.53. The third-order valence-electron chi connectivity index (χ3n) is 9.09. The smallest absolute Gasteiger partial charge is 0.222 e. The van der Waals surface area contributed by atoms with Gasteiger partial charge in [-0.15, -0.1) is 0 Å². The number of para-hydroxylation sites is 1. The van der Waals surface area contributed by atoms with Crippen molar-refractivity contribution in [2.45, 2.75) is 57.5 Å². The van der Waals surface area contributed by atoms with E-state index in [2.05, 4.69) is 57.4 Å². The molecule has 5 heterocycles. The first-order valence-corrected chi connectivity index (χ1v) is 15.0. The van der Waals surface area contributed by atoms with Gasteiger partial charge in [0, 0.05) is 50.4 Å². The van der Waals surface area contributed by atoms with E-state index < -0.39 is 0 Å². The first kappa shape index (κ1) is 26.5. The quantitative estimate of drug-likeness (QED) is 0.397. The normalized spacial score (nSPS) is 25.2. The van der Waals surface area contributed by atoms with Gasteiger partial charge in [-0.2, -0.15) is 0 Å². The highest BCUT2D eigenvalue weighted by Crippen LogP contribution is 2.48. The van der Waals surface area contributed by atoms with Gasteiger partial charge in [-0.3, -0.25) is 9.88 Å². The summed E-state index contributed by atoms with van der Waals surface area (Å²) in [5, 5.41) is 4.57. The summed E-state index contributed by atoms with van der Waals surface area (Å²) in [4.78, 5) is 15.0. The Labute approximate surface area is 237 Å². The number of rotatable bonds is 7. The molecular formula is C32H40ClN5O. The molecule has 3 atom stereocenters. The number of hydrogen-bond donors (Lipinski definition) is 1. The number of anilines is 1. The summed E-state index contributed by atoms with van der Waals surface area (Å²) in [6.07, 6.45) is 6.53. The number of hydrogen-bond acceptors (Lipinski definition) is 6. The van der Waals surface area contributed by atoms with E-state index >= 15 is 0 Å². The van der Waals surface area contributed by atoms with Crippen LogP contribution in [-0.4, -0.2) is 60.2 Å². The van der Waals surface area contributed by atoms with E-state index in [0.29, 0.717) is 24.4 Å². The van der Waals surface area contributed by atoms with Gasteiger partial charge in [0.15, 0.2) is 0 Å². The van der Waals surface area contributed by atoms with E-state index in [0.717, 1.165) is 74.1 Å². The van der Waals surface area contributed by atoms with Gasteiger partial charge in [-0.05, 0) is 74.5 Å². The highest BCUT2D eigenvalue weighted by Gasteiger charge is 2.48. The fourth-order valence-electron chi connectivity index (χ4n) is 7.25. The van der Waals surface area contributed by atoms with Crippen molar-refractivity contribution >= 4 is 17.3 Å². The van der Waals surface area contributed by atoms with Gasteiger partial charge in [0.2, 0.25) is 5.88 Å². The lowest BCUT2D eigenvalue weighted by Crippen LogP contribution is -2.58. The van der Waals surface area contributed by atoms with Crippen LogP contribution in [0.15, 0.2) is 54.7 Å². The van der Waals surface area contributed by atoms with E-state index in [1.807, 2.05) is 25.1 Å². The number of piperidine rings is 1. The van der Waals surface area contributed by atoms with Gasteiger partial charge >= 0.3 is 0 Å². The molecule has 0 amide bonds. The van der Waals surface area contributed by atoms with E-state index in [4.69, 9.17) is 21.3 Å². The van der Waals surface area contributed by atoms with Crippen LogP contribution in [0.25, 0.3) is 11.3 Å². The van der Waals surface area contributed by atoms with Crippen LogP contribution in [0.4, 0.5) is 5.69 Å². The summed E-state index contributed by atoms with van der Waals surface area (Å²) >= 11 is 6.65. The molecule has 0 saturated carbocycles. The number of pyridine rings is 2. The summed E-state index contributed by atoms with van der Waals surface area (Å²) in [7, 11) is 0. The minimum absolute atomic E-state index is 0.0713. The summed E-state index contributed by atoms with van der Waals surface area (Å²) in [5.74, 6) is 1.16. The largest absolute Gasteiger partial charge is 0.477 e. The molecule has 3 aliphatic rings. The lowest BCUT2D eigenvalue weighted by molar-refractivity contribution is 0.0968. The molecule has 7 heteroatoms. The van der Waals surface area contributed by atoms with Gasteiger partial charge < -0.3 is 15.0 Å². The topological polar surface area (TPSA) is 53.5 Å². The average molecular weight is 546 g/mol. The van der Waals surface area contributed by atoms with Crippen LogP contribution in [0, 0.1) is 5.92 Å². The number of benzene rings is 1. The number of halogens is 1. The van der Waals surface area contributed by atoms with Gasteiger partial charge in [-0.25, -0.2) is 4.98 Å². The zero-order valence-electron chi connectivity index (χ0n) is 23.2. The fraction of sp³-hybridized carbons (Fsp3) is 0.500. The number of ether oxygens (including phenoxy) is 1. The molecule has 2 aromatic heterocycles. The molecule has 3 aliphatic heterocycles. The predicted octanol–water partition coefficient (Wildman–Crippen LogP) is 5.94. The molecule has 206 valence electrons. The molecule has 0 aliphatic carbocycles. The number of fused-ring (bicyclic) bond motifs is 2. The fourth-order valence-corrected chi connectivity index (χ4v) is 7.50. The number of aromatic nitrogens is 2. The van der Waals surface area contributed by atoms with Crippen molar-refractivity contribution in [3.8, 4) is 17.1 Å². The van der Waals surface area contributed by atoms with E-state index in [-0.39, 0.29) is 5.41 Å². The maximum Gasteiger partial charge on any atom is 0.222 e. The maximum atomic E-state index is 6.65. The molecule has 6 rings (SSSR count). The molecule has 0 unspecified atom stereocenters. The van der Waals surface area contributed by atoms with Crippen LogP contribution in [0.1, 0.15) is 50.8 Å². The van der Waals surface area contributed by atoms with Crippen LogP contribution in [0.5, 0.6) is 5.88 Å². The standard InChI is InChI=1S/C32H40ClN5O/c1-3-23-19-38(30-12-6-5-11-27(30)33)18-15-32(23)22-37(20-24-9-7-16-34-24)21-29-26(32)13-14-28(36-29)25-10-8-17-35-31(25)39-4-2/h5-6,8,10-14,17,23-24,34H,3-4,7,9,15-16,18-22H2,1-2H3/t23-,24-,32+/m1/s1. The van der Waals surface area contributed by atoms with Crippen LogP contribution >= 0.6 is 11.6 Å². The second-order valence-corrected chi connectivity index (χ2v) is 11.8. The SMILES string of the molecule is CCOc1ncccc1-c1ccc2c(n1)CN(C[C@H]1CCCN1)C[C@]21CCN(c2ccccc2Cl)C[C@H]1CC. The second-order valence-electron chi connectivity index (χ2n) is 11.4. The van der Waals surface area contributed by atoms with Crippen molar-refractivity contribution in [3.63, 3.8) is 0 Å². The van der Waals surface area contributed by atoms with E-state index in [1.165, 1.54) is 24.1 Å². The second kappa shape index (κ2) is 11.4. The van der Waals surface area contributed by atoms with E-state index in [9.17, 15) is 0 Å². The van der Waals surface area contributed by atoms with Crippen molar-refractivity contribution in [1.82, 2.24) is 20.2 Å². The Morgan fingerprint density at radius 1 is 1.13 bits per heavy atom. The van der Waals surface area contributed by atoms with Gasteiger partial charge in [0.25, 0.3) is 0 Å². The zero-order valence-corrected chi connectivity index (χ0v) is 24.0. The number of nitrogens with zero attached hydrogens (tertiary/aromatic N) is 4. The highest BCUT2D eigenvalue weighted by molar-refractivity contribution is 6.33. The molecule has 3 aromatic rings. The van der Waals surface area contributed by atoms with Gasteiger partial charge in [0.05, 0.1) is 34.3 Å². The molecule has 0 radical (unpaired) electrons. The van der Waals surface area contributed by atoms with Crippen LogP contribution in [0.2, 0.25) is 5.02 Å². The first-order valence-electron chi connectivity index (χ1n) is 14.6. The van der Waals surface area contributed by atoms with Crippen LogP contribution in [0.3, 0.4) is 0 Å². The molecule has 1 aromatic carbocycles. The van der Waals surface area contributed by atoms with Crippen LogP contribution < -0.4 is 15.0 Å². The molecular weight excluding hydrogens is 506 g/mol. The predicted molar refractivity (Wildman–Crippen MR) is 159 cm³/mol. The Hall–Kier alpha value is -2.67. The Morgan fingerprint density at radius 3 is 2.82 bits per heavy atom. The van der Waals surface area contributed by atoms with Gasteiger partial charge in [-0.1, -0.05) is 43.1 Å². The van der Waals surface area contributed by atoms with E-state index in [1.54, 1.807) is 6.20 Å². The molecule has 0 bridgehead atoms. The van der Waals surface area contributed by atoms with Crippen molar-refractivity contribution < 1.29 is 4.74 Å². The molecule has 6 nitrogen and oxygen atoms in total. The minimum Gasteiger partial charge on any atom is -0.477 e. The molecule has 2 saturated heterocycles. The van der Waals surface area contributed by atoms with Crippen molar-refractivity contribution in [1.29, 1.82) is 0 Å². The zero-order chi connectivity index (χ0) is 26.8. The summed E-state index contributed by atoms with van der Waals surface area (Å²) < 4.78 is 5.87. The Morgan fingerprint density at radius 2 is 2.03 bits per heavy atom. The number of nitrogens with one attached hydrogen (secondary N) is 1. The highest BCUT2D eigenvalue weighted by atomic mass is 35.5. The van der Waals surface area contributed by atoms with Gasteiger partial charge in [0.1, 0.15) is 0 Å². The molecule has 39 heavy (non-hydrogen) atoms. The maximum absolute atomic E-state index is 6.65. The van der Waals surface area contributed by atoms with Crippen molar-refractivity contribution in [2.24, 2.45) is 5.92 Å². The molecule has 1 N–H and O–H groups in total. The third-order valence-corrected chi connectivity index (χ3v) is 9.41. The van der Waals surface area contributed by atoms with Crippen LogP contribution in [-0.2, 0) is 12.0 Å². The summed E-state index contributed by atoms with van der Waals surface area (Å²) in [6, 6.07) is 17.5. The van der Waals surface area contributed by atoms with Crippen molar-refractivity contribution in [3.05, 3.63) is 71.0 Å². The summed E-state index contributed by atoms with van der Waals surface area (Å²) in [6.45, 7) is 11.1. The molecule has 1 spiro atoms.